The largest absolute Gasteiger partial charge is 0.481 e. The molecule has 1 aromatic carbocycles. The third kappa shape index (κ3) is 5.35. The van der Waals surface area contributed by atoms with Gasteiger partial charge in [0, 0.05) is 17.8 Å². The number of aromatic nitrogens is 2. The molecule has 2 aromatic heterocycles. The predicted molar refractivity (Wildman–Crippen MR) is 109 cm³/mol. The molecule has 156 valence electrons. The molecule has 1 amide bonds. The molecule has 11 heteroatoms. The lowest BCUT2D eigenvalue weighted by atomic mass is 10.3. The number of nitrogens with one attached hydrogen (secondary N) is 2. The number of rotatable bonds is 8. The normalized spacial score (nSPS) is 11.3. The summed E-state index contributed by atoms with van der Waals surface area (Å²) in [6, 6.07) is 10.3. The van der Waals surface area contributed by atoms with Gasteiger partial charge in [0.25, 0.3) is 10.0 Å². The Bertz CT molecular complexity index is 1120. The summed E-state index contributed by atoms with van der Waals surface area (Å²) in [7, 11) is -1.20. The van der Waals surface area contributed by atoms with Crippen molar-refractivity contribution in [1.29, 1.82) is 0 Å². The molecule has 0 radical (unpaired) electrons. The van der Waals surface area contributed by atoms with Crippen LogP contribution in [-0.2, 0) is 14.8 Å². The molecule has 0 unspecified atom stereocenters. The summed E-state index contributed by atoms with van der Waals surface area (Å²) in [5.41, 5.74) is 0.424. The first-order chi connectivity index (χ1) is 14.4. The third-order valence-corrected chi connectivity index (χ3v) is 5.06. The first-order valence-electron chi connectivity index (χ1n) is 8.52. The van der Waals surface area contributed by atoms with Crippen LogP contribution in [0.2, 0.25) is 0 Å². The van der Waals surface area contributed by atoms with Gasteiger partial charge in [0.05, 0.1) is 25.4 Å². The highest BCUT2D eigenvalue weighted by Crippen LogP contribution is 2.21. The van der Waals surface area contributed by atoms with Gasteiger partial charge in [-0.1, -0.05) is 0 Å². The number of benzene rings is 1. The van der Waals surface area contributed by atoms with Gasteiger partial charge in [0.2, 0.25) is 11.8 Å². The van der Waals surface area contributed by atoms with E-state index in [2.05, 4.69) is 20.0 Å². The maximum Gasteiger partial charge on any atom is 0.321 e. The van der Waals surface area contributed by atoms with Crippen LogP contribution in [0.15, 0.2) is 64.1 Å². The highest BCUT2D eigenvalue weighted by molar-refractivity contribution is 7.92. The average molecular weight is 430 g/mol. The van der Waals surface area contributed by atoms with Gasteiger partial charge >= 0.3 is 6.01 Å². The molecule has 10 nitrogen and oxygen atoms in total. The molecule has 0 fully saturated rings. The molecule has 0 saturated heterocycles. The minimum absolute atomic E-state index is 0.0147. The number of methoxy groups -OCH3 is 2. The van der Waals surface area contributed by atoms with Crippen LogP contribution in [0.3, 0.4) is 0 Å². The smallest absolute Gasteiger partial charge is 0.321 e. The van der Waals surface area contributed by atoms with E-state index in [9.17, 15) is 13.2 Å². The fraction of sp³-hybridized carbons (Fsp3) is 0.105. The number of amides is 1. The minimum Gasteiger partial charge on any atom is -0.481 e. The van der Waals surface area contributed by atoms with Crippen molar-refractivity contribution in [3.8, 4) is 11.9 Å². The second-order valence-electron chi connectivity index (χ2n) is 5.75. The first-order valence-corrected chi connectivity index (χ1v) is 10.0. The fourth-order valence-corrected chi connectivity index (χ4v) is 3.29. The van der Waals surface area contributed by atoms with Gasteiger partial charge in [-0.3, -0.25) is 9.52 Å². The second-order valence-corrected chi connectivity index (χ2v) is 7.43. The zero-order chi connectivity index (χ0) is 21.6. The summed E-state index contributed by atoms with van der Waals surface area (Å²) >= 11 is 0. The van der Waals surface area contributed by atoms with Crippen molar-refractivity contribution in [3.05, 3.63) is 60.6 Å². The zero-order valence-corrected chi connectivity index (χ0v) is 16.8. The first kappa shape index (κ1) is 20.9. The summed E-state index contributed by atoms with van der Waals surface area (Å²) in [5, 5.41) is 2.63. The van der Waals surface area contributed by atoms with Gasteiger partial charge in [-0.25, -0.2) is 8.42 Å². The average Bonchev–Trinajstić information content (AvgIpc) is 3.25. The quantitative estimate of drug-likeness (QED) is 0.521. The van der Waals surface area contributed by atoms with E-state index in [1.54, 1.807) is 12.1 Å². The van der Waals surface area contributed by atoms with Crippen LogP contribution >= 0.6 is 0 Å². The summed E-state index contributed by atoms with van der Waals surface area (Å²) in [4.78, 5) is 19.8. The van der Waals surface area contributed by atoms with Gasteiger partial charge in [0.1, 0.15) is 5.76 Å². The lowest BCUT2D eigenvalue weighted by Crippen LogP contribution is -2.15. The van der Waals surface area contributed by atoms with Gasteiger partial charge in [-0.2, -0.15) is 9.97 Å². The van der Waals surface area contributed by atoms with Crippen molar-refractivity contribution in [2.24, 2.45) is 0 Å². The molecule has 0 spiro atoms. The molecule has 30 heavy (non-hydrogen) atoms. The van der Waals surface area contributed by atoms with Crippen LogP contribution in [0.4, 0.5) is 11.5 Å². The predicted octanol–water partition coefficient (Wildman–Crippen LogP) is 2.54. The number of anilines is 2. The van der Waals surface area contributed by atoms with Crippen molar-refractivity contribution in [2.45, 2.75) is 4.90 Å². The van der Waals surface area contributed by atoms with Gasteiger partial charge in [-0.15, -0.1) is 0 Å². The molecular weight excluding hydrogens is 412 g/mol. The lowest BCUT2D eigenvalue weighted by Gasteiger charge is -2.10. The number of hydrogen-bond donors (Lipinski definition) is 2. The van der Waals surface area contributed by atoms with E-state index in [0.717, 1.165) is 0 Å². The van der Waals surface area contributed by atoms with Crippen molar-refractivity contribution < 1.29 is 27.1 Å². The molecule has 2 N–H and O–H groups in total. The Morgan fingerprint density at radius 3 is 2.50 bits per heavy atom. The Kier molecular flexibility index (Phi) is 6.32. The number of sulfonamides is 1. The Morgan fingerprint density at radius 2 is 1.87 bits per heavy atom. The Hall–Kier alpha value is -3.86. The van der Waals surface area contributed by atoms with E-state index in [4.69, 9.17) is 13.9 Å². The van der Waals surface area contributed by atoms with E-state index >= 15 is 0 Å². The molecular formula is C19H18N4O6S. The second kappa shape index (κ2) is 9.09. The summed E-state index contributed by atoms with van der Waals surface area (Å²) < 4.78 is 42.6. The molecule has 3 rings (SSSR count). The van der Waals surface area contributed by atoms with Crippen LogP contribution in [0, 0.1) is 0 Å². The van der Waals surface area contributed by atoms with Crippen LogP contribution in [0.25, 0.3) is 6.08 Å². The number of carbonyl (C=O) groups excluding carboxylic acids is 1. The van der Waals surface area contributed by atoms with E-state index in [1.165, 1.54) is 63.0 Å². The van der Waals surface area contributed by atoms with Crippen LogP contribution in [0.1, 0.15) is 5.76 Å². The number of furan rings is 1. The molecule has 3 aromatic rings. The van der Waals surface area contributed by atoms with Crippen molar-refractivity contribution >= 4 is 33.5 Å². The summed E-state index contributed by atoms with van der Waals surface area (Å²) in [5.74, 6) is 0.273. The maximum absolute atomic E-state index is 12.6. The monoisotopic (exact) mass is 430 g/mol. The lowest BCUT2D eigenvalue weighted by molar-refractivity contribution is -0.111. The highest BCUT2D eigenvalue weighted by Gasteiger charge is 2.17. The van der Waals surface area contributed by atoms with E-state index < -0.39 is 10.0 Å². The van der Waals surface area contributed by atoms with Crippen LogP contribution in [0.5, 0.6) is 11.9 Å². The summed E-state index contributed by atoms with van der Waals surface area (Å²) in [6.07, 6.45) is 4.32. The number of nitrogens with zero attached hydrogens (tertiary/aromatic N) is 2. The Labute approximate surface area is 172 Å². The van der Waals surface area contributed by atoms with Crippen molar-refractivity contribution in [2.75, 3.05) is 24.3 Å². The Balaban J connectivity index is 1.69. The third-order valence-electron chi connectivity index (χ3n) is 3.69. The minimum atomic E-state index is -3.94. The molecule has 0 bridgehead atoms. The molecule has 0 atom stereocenters. The number of ether oxygens (including phenoxy) is 2. The molecule has 0 saturated carbocycles. The van der Waals surface area contributed by atoms with E-state index in [-0.39, 0.29) is 28.5 Å². The molecule has 0 aliphatic rings. The van der Waals surface area contributed by atoms with Gasteiger partial charge in [-0.05, 0) is 42.5 Å². The SMILES string of the molecule is COc1cc(NS(=O)(=O)c2ccc(NC(=O)/C=C\c3ccco3)cc2)nc(OC)n1. The fourth-order valence-electron chi connectivity index (χ4n) is 2.29. The zero-order valence-electron chi connectivity index (χ0n) is 16.0. The highest BCUT2D eigenvalue weighted by atomic mass is 32.2. The Morgan fingerprint density at radius 1 is 1.10 bits per heavy atom. The topological polar surface area (TPSA) is 133 Å². The van der Waals surface area contributed by atoms with Gasteiger partial charge in [0.15, 0.2) is 5.82 Å². The standard InChI is InChI=1S/C19H18N4O6S/c1-27-18-12-16(21-19(22-18)28-2)23-30(25,26)15-8-5-13(6-9-15)20-17(24)10-7-14-4-3-11-29-14/h3-12H,1-2H3,(H,20,24)(H,21,22,23)/b10-7-. The van der Waals surface area contributed by atoms with Crippen molar-refractivity contribution in [3.63, 3.8) is 0 Å². The maximum atomic E-state index is 12.6. The van der Waals surface area contributed by atoms with Gasteiger partial charge < -0.3 is 19.2 Å². The summed E-state index contributed by atoms with van der Waals surface area (Å²) in [6.45, 7) is 0. The number of hydrogen-bond acceptors (Lipinski definition) is 8. The van der Waals surface area contributed by atoms with Crippen LogP contribution in [-0.4, -0.2) is 38.5 Å². The molecule has 2 heterocycles. The van der Waals surface area contributed by atoms with E-state index in [0.29, 0.717) is 11.4 Å². The molecule has 0 aliphatic carbocycles. The van der Waals surface area contributed by atoms with Crippen LogP contribution < -0.4 is 19.5 Å². The van der Waals surface area contributed by atoms with Crippen molar-refractivity contribution in [1.82, 2.24) is 9.97 Å². The number of carbonyl (C=O) groups is 1. The molecule has 0 aliphatic heterocycles. The van der Waals surface area contributed by atoms with E-state index in [1.807, 2.05) is 0 Å².